The van der Waals surface area contributed by atoms with Crippen molar-refractivity contribution in [3.63, 3.8) is 0 Å². The van der Waals surface area contributed by atoms with Crippen molar-refractivity contribution in [2.45, 2.75) is 25.8 Å². The first-order valence-electron chi connectivity index (χ1n) is 9.88. The zero-order chi connectivity index (χ0) is 19.4. The van der Waals surface area contributed by atoms with Crippen molar-refractivity contribution in [2.24, 2.45) is 0 Å². The van der Waals surface area contributed by atoms with Crippen molar-refractivity contribution in [3.8, 4) is 16.9 Å². The Morgan fingerprint density at radius 3 is 2.11 bits per heavy atom. The summed E-state index contributed by atoms with van der Waals surface area (Å²) in [6.45, 7) is 7.00. The number of fused-ring (bicyclic) bond motifs is 5. The number of rotatable bonds is 1. The lowest BCUT2D eigenvalue weighted by Crippen LogP contribution is -2.70. The molecular weight excluding hydrogens is 356 g/mol. The first kappa shape index (κ1) is 17.3. The molecule has 0 bridgehead atoms. The zero-order valence-corrected chi connectivity index (χ0v) is 17.6. The van der Waals surface area contributed by atoms with Crippen molar-refractivity contribution >= 4 is 29.5 Å². The molecule has 0 radical (unpaired) electrons. The maximum absolute atomic E-state index is 7.25. The predicted molar refractivity (Wildman–Crippen MR) is 121 cm³/mol. The molecule has 5 rings (SSSR count). The summed E-state index contributed by atoms with van der Waals surface area (Å²) in [5, 5.41) is 5.11. The van der Waals surface area contributed by atoms with Gasteiger partial charge >= 0.3 is 8.32 Å². The average Bonchev–Trinajstić information content (AvgIpc) is 2.72. The Kier molecular flexibility index (Phi) is 3.75. The molecule has 0 saturated carbocycles. The summed E-state index contributed by atoms with van der Waals surface area (Å²) in [5.41, 5.74) is 2.53. The van der Waals surface area contributed by atoms with Gasteiger partial charge in [0.1, 0.15) is 5.75 Å². The molecular formula is C26H24OSi. The second-order valence-corrected chi connectivity index (χ2v) is 12.8. The van der Waals surface area contributed by atoms with E-state index in [0.717, 1.165) is 5.75 Å². The first-order valence-corrected chi connectivity index (χ1v) is 11.8. The third-order valence-electron chi connectivity index (χ3n) is 5.97. The van der Waals surface area contributed by atoms with Crippen LogP contribution in [0.5, 0.6) is 5.75 Å². The van der Waals surface area contributed by atoms with Gasteiger partial charge in [0.2, 0.25) is 0 Å². The molecule has 0 aromatic heterocycles. The molecule has 28 heavy (non-hydrogen) atoms. The van der Waals surface area contributed by atoms with Gasteiger partial charge in [-0.05, 0) is 26.4 Å². The van der Waals surface area contributed by atoms with Crippen molar-refractivity contribution in [1.82, 2.24) is 0 Å². The normalized spacial score (nSPS) is 18.2. The standard InChI is InChI=1S/C26H24OSi/c1-26(2,3)28(20-12-5-4-6-13-20)24-16-10-9-15-22(24)23-18-17-19-11-7-8-14-21(19)25(23)27-28/h4-18H,1-3H3. The van der Waals surface area contributed by atoms with Crippen LogP contribution >= 0.6 is 0 Å². The van der Waals surface area contributed by atoms with Crippen LogP contribution in [0, 0.1) is 0 Å². The van der Waals surface area contributed by atoms with Gasteiger partial charge in [0.05, 0.1) is 0 Å². The van der Waals surface area contributed by atoms with Crippen LogP contribution in [0.15, 0.2) is 91.0 Å². The highest BCUT2D eigenvalue weighted by atomic mass is 28.4. The molecule has 1 heterocycles. The fourth-order valence-electron chi connectivity index (χ4n) is 4.68. The molecule has 1 atom stereocenters. The molecule has 0 aliphatic carbocycles. The van der Waals surface area contributed by atoms with Crippen molar-refractivity contribution in [3.05, 3.63) is 91.0 Å². The van der Waals surface area contributed by atoms with Gasteiger partial charge in [-0.1, -0.05) is 112 Å². The smallest absolute Gasteiger partial charge is 0.320 e. The molecule has 1 aliphatic heterocycles. The summed E-state index contributed by atoms with van der Waals surface area (Å²) in [4.78, 5) is 0. The molecule has 0 amide bonds. The van der Waals surface area contributed by atoms with E-state index in [1.54, 1.807) is 0 Å². The Labute approximate surface area is 167 Å². The lowest BCUT2D eigenvalue weighted by Gasteiger charge is -2.46. The second kappa shape index (κ2) is 6.08. The number of benzene rings is 4. The van der Waals surface area contributed by atoms with Crippen LogP contribution in [-0.4, -0.2) is 8.32 Å². The molecule has 4 aromatic rings. The van der Waals surface area contributed by atoms with Gasteiger partial charge in [-0.25, -0.2) is 0 Å². The molecule has 4 aromatic carbocycles. The van der Waals surface area contributed by atoms with E-state index < -0.39 is 8.32 Å². The predicted octanol–water partition coefficient (Wildman–Crippen LogP) is 5.76. The summed E-state index contributed by atoms with van der Waals surface area (Å²) in [7, 11) is -2.55. The Hall–Kier alpha value is -2.84. The van der Waals surface area contributed by atoms with E-state index in [0.29, 0.717) is 0 Å². The highest BCUT2D eigenvalue weighted by molar-refractivity contribution is 7.01. The van der Waals surface area contributed by atoms with Crippen LogP contribution in [0.2, 0.25) is 5.04 Å². The number of hydrogen-bond donors (Lipinski definition) is 0. The Morgan fingerprint density at radius 1 is 0.643 bits per heavy atom. The minimum atomic E-state index is -2.55. The van der Waals surface area contributed by atoms with Crippen LogP contribution in [0.25, 0.3) is 21.9 Å². The van der Waals surface area contributed by atoms with Crippen LogP contribution in [0.4, 0.5) is 0 Å². The van der Waals surface area contributed by atoms with Gasteiger partial charge in [-0.15, -0.1) is 0 Å². The highest BCUT2D eigenvalue weighted by Gasteiger charge is 2.55. The molecule has 0 spiro atoms. The molecule has 0 N–H and O–H groups in total. The third kappa shape index (κ3) is 2.31. The second-order valence-electron chi connectivity index (χ2n) is 8.61. The maximum Gasteiger partial charge on any atom is 0.320 e. The Morgan fingerprint density at radius 2 is 1.32 bits per heavy atom. The lowest BCUT2D eigenvalue weighted by atomic mass is 9.99. The zero-order valence-electron chi connectivity index (χ0n) is 16.6. The monoisotopic (exact) mass is 380 g/mol. The highest BCUT2D eigenvalue weighted by Crippen LogP contribution is 2.47. The lowest BCUT2D eigenvalue weighted by molar-refractivity contribution is 0.511. The minimum Gasteiger partial charge on any atom is -0.533 e. The fraction of sp³-hybridized carbons (Fsp3) is 0.154. The van der Waals surface area contributed by atoms with E-state index in [-0.39, 0.29) is 5.04 Å². The summed E-state index contributed by atoms with van der Waals surface area (Å²) >= 11 is 0. The number of hydrogen-bond acceptors (Lipinski definition) is 1. The molecule has 2 heteroatoms. The van der Waals surface area contributed by atoms with E-state index >= 15 is 0 Å². The van der Waals surface area contributed by atoms with Crippen molar-refractivity contribution < 1.29 is 4.43 Å². The van der Waals surface area contributed by atoms with E-state index in [9.17, 15) is 0 Å². The molecule has 1 nitrogen and oxygen atoms in total. The van der Waals surface area contributed by atoms with Crippen molar-refractivity contribution in [1.29, 1.82) is 0 Å². The van der Waals surface area contributed by atoms with Crippen molar-refractivity contribution in [2.75, 3.05) is 0 Å². The quantitative estimate of drug-likeness (QED) is 0.382. The molecule has 0 fully saturated rings. The van der Waals surface area contributed by atoms with Gasteiger partial charge in [-0.3, -0.25) is 0 Å². The van der Waals surface area contributed by atoms with E-state index in [2.05, 4.69) is 112 Å². The summed E-state index contributed by atoms with van der Waals surface area (Å²) < 4.78 is 7.25. The van der Waals surface area contributed by atoms with Crippen LogP contribution in [0.1, 0.15) is 20.8 Å². The van der Waals surface area contributed by atoms with Crippen LogP contribution < -0.4 is 14.8 Å². The molecule has 0 saturated heterocycles. The summed E-state index contributed by atoms with van der Waals surface area (Å²) in [6, 6.07) is 32.7. The Bertz CT molecular complexity index is 1170. The third-order valence-corrected chi connectivity index (χ3v) is 10.9. The first-order chi connectivity index (χ1) is 13.5. The molecule has 1 aliphatic rings. The minimum absolute atomic E-state index is 0.0148. The largest absolute Gasteiger partial charge is 0.533 e. The van der Waals surface area contributed by atoms with E-state index in [1.807, 2.05) is 0 Å². The van der Waals surface area contributed by atoms with Crippen LogP contribution in [0.3, 0.4) is 0 Å². The topological polar surface area (TPSA) is 9.23 Å². The van der Waals surface area contributed by atoms with Gasteiger partial charge in [-0.2, -0.15) is 0 Å². The van der Waals surface area contributed by atoms with Crippen LogP contribution in [-0.2, 0) is 0 Å². The Balaban J connectivity index is 1.93. The van der Waals surface area contributed by atoms with Gasteiger partial charge in [0.15, 0.2) is 0 Å². The fourth-order valence-corrected chi connectivity index (χ4v) is 9.31. The van der Waals surface area contributed by atoms with E-state index in [1.165, 1.54) is 32.3 Å². The summed E-state index contributed by atoms with van der Waals surface area (Å²) in [5.74, 6) is 1.04. The average molecular weight is 381 g/mol. The van der Waals surface area contributed by atoms with Gasteiger partial charge < -0.3 is 4.43 Å². The maximum atomic E-state index is 7.25. The van der Waals surface area contributed by atoms with Gasteiger partial charge in [0.25, 0.3) is 0 Å². The summed E-state index contributed by atoms with van der Waals surface area (Å²) in [6.07, 6.45) is 0. The molecule has 1 unspecified atom stereocenters. The SMILES string of the molecule is CC(C)(C)[Si]1(c2ccccc2)Oc2c(ccc3ccccc23)-c2ccccc21. The molecule has 138 valence electrons. The van der Waals surface area contributed by atoms with E-state index in [4.69, 9.17) is 4.43 Å². The van der Waals surface area contributed by atoms with Gasteiger partial charge in [0, 0.05) is 10.9 Å².